The average Bonchev–Trinajstić information content (AvgIpc) is 2.12. The van der Waals surface area contributed by atoms with Crippen molar-refractivity contribution in [3.63, 3.8) is 0 Å². The molecule has 66 valence electrons. The molecule has 1 aliphatic carbocycles. The van der Waals surface area contributed by atoms with Gasteiger partial charge in [0.05, 0.1) is 6.04 Å². The zero-order chi connectivity index (χ0) is 9.42. The van der Waals surface area contributed by atoms with Crippen molar-refractivity contribution >= 4 is 17.5 Å². The van der Waals surface area contributed by atoms with Gasteiger partial charge in [-0.25, -0.2) is 0 Å². The van der Waals surface area contributed by atoms with E-state index >= 15 is 0 Å². The number of anilines is 1. The number of nitrogen functional groups attached to an aromatic ring is 1. The lowest BCUT2D eigenvalue weighted by molar-refractivity contribution is -0.115. The molecular weight excluding hydrogens is 164 g/mol. The molecule has 0 aromatic heterocycles. The summed E-state index contributed by atoms with van der Waals surface area (Å²) in [6.07, 6.45) is 3.24. The van der Waals surface area contributed by atoms with E-state index in [1.807, 2.05) is 6.07 Å². The van der Waals surface area contributed by atoms with Gasteiger partial charge in [-0.15, -0.1) is 0 Å². The number of benzene rings is 1. The number of ketones is 1. The van der Waals surface area contributed by atoms with Crippen molar-refractivity contribution in [1.82, 2.24) is 0 Å². The van der Waals surface area contributed by atoms with Crippen LogP contribution in [0.5, 0.6) is 0 Å². The summed E-state index contributed by atoms with van der Waals surface area (Å²) in [5.74, 6) is -0.0581. The van der Waals surface area contributed by atoms with E-state index in [1.165, 1.54) is 6.08 Å². The fourth-order valence-electron chi connectivity index (χ4n) is 1.45. The Morgan fingerprint density at radius 1 is 1.23 bits per heavy atom. The van der Waals surface area contributed by atoms with Crippen molar-refractivity contribution in [3.8, 4) is 0 Å². The highest BCUT2D eigenvalue weighted by Crippen LogP contribution is 2.25. The standard InChI is InChI=1S/C10H10N2O/c11-7-2-3-8-6(5-7)1-4-9(13)10(8)12/h1-5,10H,11-12H2/t10-/m1/s1. The van der Waals surface area contributed by atoms with E-state index in [4.69, 9.17) is 11.5 Å². The quantitative estimate of drug-likeness (QED) is 0.573. The predicted molar refractivity (Wildman–Crippen MR) is 51.8 cm³/mol. The van der Waals surface area contributed by atoms with E-state index in [1.54, 1.807) is 18.2 Å². The second kappa shape index (κ2) is 2.71. The first-order valence-electron chi connectivity index (χ1n) is 4.05. The van der Waals surface area contributed by atoms with Gasteiger partial charge in [-0.3, -0.25) is 4.79 Å². The molecule has 3 heteroatoms. The van der Waals surface area contributed by atoms with Crippen molar-refractivity contribution in [1.29, 1.82) is 0 Å². The van der Waals surface area contributed by atoms with Crippen molar-refractivity contribution in [2.45, 2.75) is 6.04 Å². The molecule has 0 radical (unpaired) electrons. The Hall–Kier alpha value is -1.61. The second-order valence-electron chi connectivity index (χ2n) is 3.10. The molecule has 0 amide bonds. The first-order valence-corrected chi connectivity index (χ1v) is 4.05. The Morgan fingerprint density at radius 2 is 2.00 bits per heavy atom. The van der Waals surface area contributed by atoms with Crippen LogP contribution in [0.1, 0.15) is 17.2 Å². The molecule has 0 heterocycles. The monoisotopic (exact) mass is 174 g/mol. The summed E-state index contributed by atoms with van der Waals surface area (Å²) >= 11 is 0. The van der Waals surface area contributed by atoms with Gasteiger partial charge in [0.15, 0.2) is 5.78 Å². The van der Waals surface area contributed by atoms with Crippen molar-refractivity contribution in [3.05, 3.63) is 35.4 Å². The molecule has 0 spiro atoms. The van der Waals surface area contributed by atoms with Gasteiger partial charge in [-0.2, -0.15) is 0 Å². The molecule has 1 aromatic rings. The summed E-state index contributed by atoms with van der Waals surface area (Å²) in [4.78, 5) is 11.2. The number of hydrogen-bond donors (Lipinski definition) is 2. The molecule has 2 rings (SSSR count). The molecule has 1 aromatic carbocycles. The molecule has 0 unspecified atom stereocenters. The molecule has 0 saturated carbocycles. The first-order chi connectivity index (χ1) is 6.18. The molecule has 1 atom stereocenters. The Labute approximate surface area is 76.0 Å². The zero-order valence-electron chi connectivity index (χ0n) is 7.03. The third kappa shape index (κ3) is 1.23. The lowest BCUT2D eigenvalue weighted by atomic mass is 9.92. The Morgan fingerprint density at radius 3 is 2.77 bits per heavy atom. The maximum Gasteiger partial charge on any atom is 0.176 e. The van der Waals surface area contributed by atoms with Crippen LogP contribution in [0.3, 0.4) is 0 Å². The fraction of sp³-hybridized carbons (Fsp3) is 0.100. The third-order valence-corrected chi connectivity index (χ3v) is 2.18. The molecule has 3 nitrogen and oxygen atoms in total. The summed E-state index contributed by atoms with van der Waals surface area (Å²) in [6.45, 7) is 0. The Kier molecular flexibility index (Phi) is 1.67. The number of rotatable bonds is 0. The summed E-state index contributed by atoms with van der Waals surface area (Å²) in [5, 5.41) is 0. The van der Waals surface area contributed by atoms with Crippen LogP contribution in [0.2, 0.25) is 0 Å². The van der Waals surface area contributed by atoms with Gasteiger partial charge < -0.3 is 11.5 Å². The minimum atomic E-state index is -0.527. The van der Waals surface area contributed by atoms with Crippen LogP contribution >= 0.6 is 0 Å². The van der Waals surface area contributed by atoms with E-state index in [0.717, 1.165) is 11.1 Å². The van der Waals surface area contributed by atoms with E-state index in [-0.39, 0.29) is 5.78 Å². The van der Waals surface area contributed by atoms with Crippen LogP contribution in [0, 0.1) is 0 Å². The largest absolute Gasteiger partial charge is 0.399 e. The van der Waals surface area contributed by atoms with E-state index in [0.29, 0.717) is 5.69 Å². The number of nitrogens with two attached hydrogens (primary N) is 2. The highest BCUT2D eigenvalue weighted by molar-refractivity contribution is 6.01. The minimum absolute atomic E-state index is 0.0581. The second-order valence-corrected chi connectivity index (χ2v) is 3.10. The van der Waals surface area contributed by atoms with Crippen LogP contribution in [0.15, 0.2) is 24.3 Å². The number of carbonyl (C=O) groups excluding carboxylic acids is 1. The van der Waals surface area contributed by atoms with Gasteiger partial charge in [-0.1, -0.05) is 12.1 Å². The lowest BCUT2D eigenvalue weighted by Crippen LogP contribution is -2.22. The Bertz CT molecular complexity index is 396. The molecule has 0 saturated heterocycles. The van der Waals surface area contributed by atoms with E-state index in [9.17, 15) is 4.79 Å². The SMILES string of the molecule is Nc1ccc2c(c1)C=CC(=O)[C@@H]2N. The van der Waals surface area contributed by atoms with Crippen LogP contribution in [0.25, 0.3) is 6.08 Å². The summed E-state index contributed by atoms with van der Waals surface area (Å²) < 4.78 is 0. The van der Waals surface area contributed by atoms with Crippen molar-refractivity contribution in [2.75, 3.05) is 5.73 Å². The predicted octanol–water partition coefficient (Wildman–Crippen LogP) is 0.865. The first kappa shape index (κ1) is 8.01. The third-order valence-electron chi connectivity index (χ3n) is 2.18. The average molecular weight is 174 g/mol. The van der Waals surface area contributed by atoms with Crippen LogP contribution in [-0.4, -0.2) is 5.78 Å². The zero-order valence-corrected chi connectivity index (χ0v) is 7.03. The number of hydrogen-bond acceptors (Lipinski definition) is 3. The molecular formula is C10H10N2O. The van der Waals surface area contributed by atoms with Crippen molar-refractivity contribution in [2.24, 2.45) is 5.73 Å². The highest BCUT2D eigenvalue weighted by atomic mass is 16.1. The topological polar surface area (TPSA) is 69.1 Å². The molecule has 0 fully saturated rings. The number of fused-ring (bicyclic) bond motifs is 1. The smallest absolute Gasteiger partial charge is 0.176 e. The maximum absolute atomic E-state index is 11.2. The van der Waals surface area contributed by atoms with Gasteiger partial charge in [0.2, 0.25) is 0 Å². The van der Waals surface area contributed by atoms with Crippen LogP contribution < -0.4 is 11.5 Å². The van der Waals surface area contributed by atoms with Gasteiger partial charge in [0, 0.05) is 5.69 Å². The molecule has 0 bridgehead atoms. The highest BCUT2D eigenvalue weighted by Gasteiger charge is 2.19. The van der Waals surface area contributed by atoms with Gasteiger partial charge in [-0.05, 0) is 29.3 Å². The fourth-order valence-corrected chi connectivity index (χ4v) is 1.45. The van der Waals surface area contributed by atoms with E-state index < -0.39 is 6.04 Å². The maximum atomic E-state index is 11.2. The lowest BCUT2D eigenvalue weighted by Gasteiger charge is -2.16. The van der Waals surface area contributed by atoms with Crippen LogP contribution in [0.4, 0.5) is 5.69 Å². The molecule has 4 N–H and O–H groups in total. The van der Waals surface area contributed by atoms with Gasteiger partial charge in [0.1, 0.15) is 0 Å². The molecule has 1 aliphatic rings. The minimum Gasteiger partial charge on any atom is -0.399 e. The normalized spacial score (nSPS) is 20.1. The summed E-state index contributed by atoms with van der Waals surface area (Å²) in [5.41, 5.74) is 13.8. The molecule has 13 heavy (non-hydrogen) atoms. The van der Waals surface area contributed by atoms with E-state index in [2.05, 4.69) is 0 Å². The Balaban J connectivity index is 2.59. The number of carbonyl (C=O) groups is 1. The summed E-state index contributed by atoms with van der Waals surface area (Å²) in [6, 6.07) is 4.85. The van der Waals surface area contributed by atoms with Crippen molar-refractivity contribution < 1.29 is 4.79 Å². The molecule has 0 aliphatic heterocycles. The van der Waals surface area contributed by atoms with Gasteiger partial charge in [0.25, 0.3) is 0 Å². The summed E-state index contributed by atoms with van der Waals surface area (Å²) in [7, 11) is 0. The van der Waals surface area contributed by atoms with Gasteiger partial charge >= 0.3 is 0 Å². The van der Waals surface area contributed by atoms with Crippen LogP contribution in [-0.2, 0) is 4.79 Å².